The monoisotopic (exact) mass is 403 g/mol. The van der Waals surface area contributed by atoms with Crippen LogP contribution < -0.4 is 10.5 Å². The summed E-state index contributed by atoms with van der Waals surface area (Å²) >= 11 is 1.29. The molecule has 0 bridgehead atoms. The van der Waals surface area contributed by atoms with Crippen molar-refractivity contribution in [3.8, 4) is 5.75 Å². The molecule has 0 aromatic heterocycles. The Labute approximate surface area is 165 Å². The first-order valence-corrected chi connectivity index (χ1v) is 9.75. The molecule has 2 aliphatic rings. The lowest BCUT2D eigenvalue weighted by Crippen LogP contribution is -2.51. The van der Waals surface area contributed by atoms with Crippen molar-refractivity contribution in [2.24, 2.45) is 16.8 Å². The number of carbonyl (C=O) groups excluding carboxylic acids is 1. The highest BCUT2D eigenvalue weighted by molar-refractivity contribution is 8.15. The van der Waals surface area contributed by atoms with E-state index < -0.39 is 16.5 Å². The number of ether oxygens (including phenoxy) is 1. The van der Waals surface area contributed by atoms with E-state index in [2.05, 4.69) is 5.10 Å². The van der Waals surface area contributed by atoms with Crippen molar-refractivity contribution in [2.75, 3.05) is 13.2 Å². The first-order chi connectivity index (χ1) is 13.5. The van der Waals surface area contributed by atoms with E-state index in [0.29, 0.717) is 30.4 Å². The number of rotatable bonds is 3. The van der Waals surface area contributed by atoms with Crippen molar-refractivity contribution in [1.82, 2.24) is 5.01 Å². The first-order valence-electron chi connectivity index (χ1n) is 8.93. The molecule has 2 aromatic rings. The molecule has 0 saturated heterocycles. The number of hydrogen-bond donors (Lipinski definition) is 1. The summed E-state index contributed by atoms with van der Waals surface area (Å²) in [5, 5.41) is 6.19. The van der Waals surface area contributed by atoms with Crippen LogP contribution in [0.4, 0.5) is 8.78 Å². The third kappa shape index (κ3) is 2.87. The second-order valence-electron chi connectivity index (χ2n) is 6.74. The van der Waals surface area contributed by atoms with Gasteiger partial charge in [-0.1, -0.05) is 30.0 Å². The van der Waals surface area contributed by atoms with Gasteiger partial charge in [0, 0.05) is 30.0 Å². The summed E-state index contributed by atoms with van der Waals surface area (Å²) in [6, 6.07) is 10.8. The van der Waals surface area contributed by atoms with E-state index in [4.69, 9.17) is 10.5 Å². The van der Waals surface area contributed by atoms with E-state index in [1.165, 1.54) is 35.8 Å². The molecule has 4 rings (SSSR count). The summed E-state index contributed by atoms with van der Waals surface area (Å²) in [7, 11) is 0. The third-order valence-corrected chi connectivity index (χ3v) is 6.53. The maximum absolute atomic E-state index is 14.4. The second-order valence-corrected chi connectivity index (χ2v) is 7.95. The van der Waals surface area contributed by atoms with Crippen LogP contribution in [-0.2, 0) is 9.67 Å². The number of benzene rings is 2. The minimum absolute atomic E-state index is 0.147. The first kappa shape index (κ1) is 18.9. The summed E-state index contributed by atoms with van der Waals surface area (Å²) < 4.78 is 33.7. The van der Waals surface area contributed by atoms with Crippen molar-refractivity contribution >= 4 is 22.7 Å². The van der Waals surface area contributed by atoms with Gasteiger partial charge in [0.05, 0.1) is 6.61 Å². The zero-order chi connectivity index (χ0) is 19.9. The lowest BCUT2D eigenvalue weighted by atomic mass is 9.86. The van der Waals surface area contributed by atoms with Gasteiger partial charge in [0.2, 0.25) is 5.91 Å². The number of hydrazone groups is 1. The Morgan fingerprint density at radius 1 is 1.36 bits per heavy atom. The quantitative estimate of drug-likeness (QED) is 0.853. The van der Waals surface area contributed by atoms with Crippen LogP contribution >= 0.6 is 11.8 Å². The predicted molar refractivity (Wildman–Crippen MR) is 104 cm³/mol. The van der Waals surface area contributed by atoms with E-state index in [0.717, 1.165) is 11.6 Å². The van der Waals surface area contributed by atoms with Crippen LogP contribution in [0.3, 0.4) is 0 Å². The topological polar surface area (TPSA) is 67.9 Å². The number of nitrogens with zero attached hydrogens (tertiary/aromatic N) is 2. The second kappa shape index (κ2) is 7.18. The third-order valence-electron chi connectivity index (χ3n) is 5.00. The molecule has 1 amide bonds. The molecular formula is C20H19F2N3O2S. The van der Waals surface area contributed by atoms with Crippen LogP contribution in [0.2, 0.25) is 0 Å². The number of thioether (sulfide) groups is 1. The molecule has 2 aromatic carbocycles. The van der Waals surface area contributed by atoms with Gasteiger partial charge in [0.25, 0.3) is 0 Å². The van der Waals surface area contributed by atoms with Gasteiger partial charge in [-0.25, -0.2) is 13.8 Å². The molecular weight excluding hydrogens is 384 g/mol. The van der Waals surface area contributed by atoms with Gasteiger partial charge < -0.3 is 10.5 Å². The summed E-state index contributed by atoms with van der Waals surface area (Å²) in [6.45, 7) is 2.19. The highest BCUT2D eigenvalue weighted by atomic mass is 32.2. The molecule has 2 atom stereocenters. The number of para-hydroxylation sites is 1. The molecule has 28 heavy (non-hydrogen) atoms. The normalized spacial score (nSPS) is 23.4. The van der Waals surface area contributed by atoms with Crippen molar-refractivity contribution in [1.29, 1.82) is 0 Å². The average molecular weight is 403 g/mol. The summed E-state index contributed by atoms with van der Waals surface area (Å²) in [4.78, 5) is 11.7. The standard InChI is InChI=1S/C20H19F2N3O2S/c1-12(26)25-20(28-19(24-25)15-7-6-14(21)10-17(15)22)13(8-9-23)11-27-18-5-3-2-4-16(18)20/h2-7,10,13H,8-9,11,23H2,1H3/t13-,20-/m1/s1. The number of hydrogen-bond acceptors (Lipinski definition) is 5. The number of carbonyl (C=O) groups is 1. The fraction of sp³-hybridized carbons (Fsp3) is 0.300. The average Bonchev–Trinajstić information content (AvgIpc) is 3.06. The van der Waals surface area contributed by atoms with Crippen molar-refractivity contribution in [3.05, 3.63) is 65.2 Å². The summed E-state index contributed by atoms with van der Waals surface area (Å²) in [6.07, 6.45) is 0.597. The van der Waals surface area contributed by atoms with Crippen LogP contribution in [0, 0.1) is 17.6 Å². The minimum atomic E-state index is -0.893. The van der Waals surface area contributed by atoms with Gasteiger partial charge in [-0.3, -0.25) is 4.79 Å². The molecule has 0 radical (unpaired) electrons. The highest BCUT2D eigenvalue weighted by Gasteiger charge is 2.56. The van der Waals surface area contributed by atoms with Gasteiger partial charge in [-0.15, -0.1) is 0 Å². The van der Waals surface area contributed by atoms with Crippen LogP contribution in [0.5, 0.6) is 5.75 Å². The lowest BCUT2D eigenvalue weighted by molar-refractivity contribution is -0.134. The molecule has 0 saturated carbocycles. The lowest BCUT2D eigenvalue weighted by Gasteiger charge is -2.45. The van der Waals surface area contributed by atoms with Crippen LogP contribution in [0.25, 0.3) is 0 Å². The molecule has 0 fully saturated rings. The molecule has 1 spiro atoms. The van der Waals surface area contributed by atoms with Crippen LogP contribution in [0.15, 0.2) is 47.6 Å². The largest absolute Gasteiger partial charge is 0.493 e. The van der Waals surface area contributed by atoms with Crippen LogP contribution in [-0.4, -0.2) is 29.1 Å². The molecule has 146 valence electrons. The van der Waals surface area contributed by atoms with E-state index in [1.807, 2.05) is 24.3 Å². The Kier molecular flexibility index (Phi) is 4.84. The maximum atomic E-state index is 14.4. The Balaban J connectivity index is 1.88. The number of fused-ring (bicyclic) bond motifs is 2. The molecule has 2 N–H and O–H groups in total. The van der Waals surface area contributed by atoms with E-state index in [1.54, 1.807) is 0 Å². The Bertz CT molecular complexity index is 968. The zero-order valence-corrected chi connectivity index (χ0v) is 16.0. The molecule has 5 nitrogen and oxygen atoms in total. The number of amides is 1. The van der Waals surface area contributed by atoms with Gasteiger partial charge in [0.1, 0.15) is 22.4 Å². The molecule has 2 heterocycles. The van der Waals surface area contributed by atoms with Crippen LogP contribution in [0.1, 0.15) is 24.5 Å². The van der Waals surface area contributed by atoms with E-state index in [9.17, 15) is 13.6 Å². The highest BCUT2D eigenvalue weighted by Crippen LogP contribution is 2.57. The fourth-order valence-electron chi connectivity index (χ4n) is 3.77. The maximum Gasteiger partial charge on any atom is 0.241 e. The zero-order valence-electron chi connectivity index (χ0n) is 15.2. The molecule has 2 aliphatic heterocycles. The van der Waals surface area contributed by atoms with E-state index in [-0.39, 0.29) is 17.4 Å². The van der Waals surface area contributed by atoms with Gasteiger partial charge >= 0.3 is 0 Å². The molecule has 0 aliphatic carbocycles. The van der Waals surface area contributed by atoms with Gasteiger partial charge in [0.15, 0.2) is 4.87 Å². The van der Waals surface area contributed by atoms with Gasteiger partial charge in [-0.2, -0.15) is 5.10 Å². The van der Waals surface area contributed by atoms with Crippen molar-refractivity contribution in [3.63, 3.8) is 0 Å². The Morgan fingerprint density at radius 3 is 2.86 bits per heavy atom. The molecule has 8 heteroatoms. The van der Waals surface area contributed by atoms with Gasteiger partial charge in [-0.05, 0) is 31.2 Å². The number of halogens is 2. The van der Waals surface area contributed by atoms with Crippen molar-refractivity contribution < 1.29 is 18.3 Å². The SMILES string of the molecule is CC(=O)N1N=C(c2ccc(F)cc2F)S[C@]12c1ccccc1OC[C@H]2CCN. The fourth-order valence-corrected chi connectivity index (χ4v) is 5.35. The predicted octanol–water partition coefficient (Wildman–Crippen LogP) is 3.43. The molecule has 0 unspecified atom stereocenters. The number of nitrogens with two attached hydrogens (primary N) is 1. The summed E-state index contributed by atoms with van der Waals surface area (Å²) in [5.74, 6) is -1.15. The minimum Gasteiger partial charge on any atom is -0.493 e. The Morgan fingerprint density at radius 2 is 2.14 bits per heavy atom. The smallest absolute Gasteiger partial charge is 0.241 e. The summed E-state index contributed by atoms with van der Waals surface area (Å²) in [5.41, 5.74) is 6.78. The van der Waals surface area contributed by atoms with E-state index >= 15 is 0 Å². The Hall–Kier alpha value is -2.45. The van der Waals surface area contributed by atoms with Crippen molar-refractivity contribution in [2.45, 2.75) is 18.2 Å².